The number of hydrogen-bond donors (Lipinski definition) is 0. The molecule has 0 atom stereocenters. The van der Waals surface area contributed by atoms with E-state index in [2.05, 4.69) is 0 Å². The molecule has 9 nitrogen and oxygen atoms in total. The average molecular weight is 486 g/mol. The second-order valence-corrected chi connectivity index (χ2v) is 7.89. The van der Waals surface area contributed by atoms with E-state index in [0.29, 0.717) is 33.6 Å². The van der Waals surface area contributed by atoms with Gasteiger partial charge in [0.25, 0.3) is 0 Å². The predicted molar refractivity (Wildman–Crippen MR) is 133 cm³/mol. The summed E-state index contributed by atoms with van der Waals surface area (Å²) in [6.07, 6.45) is 0. The number of carbonyl (C=O) groups excluding carboxylic acids is 3. The monoisotopic (exact) mass is 486 g/mol. The van der Waals surface area contributed by atoms with Crippen molar-refractivity contribution in [2.45, 2.75) is 20.8 Å². The van der Waals surface area contributed by atoms with Crippen LogP contribution in [0.3, 0.4) is 0 Å². The van der Waals surface area contributed by atoms with E-state index in [1.54, 1.807) is 72.8 Å². The van der Waals surface area contributed by atoms with Crippen LogP contribution in [0.1, 0.15) is 20.8 Å². The van der Waals surface area contributed by atoms with Gasteiger partial charge in [0.15, 0.2) is 0 Å². The smallest absolute Gasteiger partial charge is 0.445 e. The molecule has 3 aromatic rings. The van der Waals surface area contributed by atoms with Gasteiger partial charge < -0.3 is 27.9 Å². The van der Waals surface area contributed by atoms with E-state index in [4.69, 9.17) is 27.9 Å². The third kappa shape index (κ3) is 6.63. The summed E-state index contributed by atoms with van der Waals surface area (Å²) in [5, 5.41) is 0. The van der Waals surface area contributed by atoms with Crippen molar-refractivity contribution >= 4 is 55.7 Å². The Balaban J connectivity index is 1.59. The van der Waals surface area contributed by atoms with Crippen LogP contribution >= 0.6 is 0 Å². The molecule has 1 aliphatic rings. The van der Waals surface area contributed by atoms with E-state index in [1.807, 2.05) is 0 Å². The topological polar surface area (TPSA) is 107 Å². The highest BCUT2D eigenvalue weighted by molar-refractivity contribution is 6.87. The largest absolute Gasteiger partial charge is 0.467 e. The molecule has 0 N–H and O–H groups in total. The van der Waals surface area contributed by atoms with Crippen LogP contribution in [0.15, 0.2) is 72.8 Å². The maximum atomic E-state index is 11.2. The van der Waals surface area contributed by atoms with Gasteiger partial charge >= 0.3 is 39.3 Å². The van der Waals surface area contributed by atoms with Gasteiger partial charge in [0.1, 0.15) is 17.2 Å². The Hall–Kier alpha value is -3.86. The molecule has 0 radical (unpaired) electrons. The number of esters is 3. The third-order valence-corrected chi connectivity index (χ3v) is 4.98. The zero-order valence-electron chi connectivity index (χ0n) is 19.8. The van der Waals surface area contributed by atoms with Crippen molar-refractivity contribution in [3.8, 4) is 17.2 Å². The molecule has 1 fully saturated rings. The van der Waals surface area contributed by atoms with E-state index in [0.717, 1.165) is 0 Å². The molecule has 1 aliphatic heterocycles. The van der Waals surface area contributed by atoms with Gasteiger partial charge in [-0.2, -0.15) is 0 Å². The van der Waals surface area contributed by atoms with Crippen LogP contribution in [-0.4, -0.2) is 39.3 Å². The van der Waals surface area contributed by atoms with Gasteiger partial charge in [-0.05, 0) is 52.8 Å². The lowest BCUT2D eigenvalue weighted by atomic mass is 9.61. The van der Waals surface area contributed by atoms with Crippen molar-refractivity contribution in [3.63, 3.8) is 0 Å². The zero-order valence-corrected chi connectivity index (χ0v) is 19.8. The fourth-order valence-electron chi connectivity index (χ4n) is 3.48. The molecule has 12 heteroatoms. The van der Waals surface area contributed by atoms with Crippen LogP contribution in [0.2, 0.25) is 0 Å². The van der Waals surface area contributed by atoms with Crippen LogP contribution in [0.5, 0.6) is 17.2 Å². The second kappa shape index (κ2) is 11.3. The Labute approximate surface area is 209 Å². The maximum absolute atomic E-state index is 11.2. The molecule has 0 unspecified atom stereocenters. The minimum absolute atomic E-state index is 0.397. The predicted octanol–water partition coefficient (Wildman–Crippen LogP) is 1.01. The van der Waals surface area contributed by atoms with E-state index in [9.17, 15) is 14.4 Å². The standard InChI is InChI=1S/C24H21B3O9/c1-16(28)31-22-10-4-19(5-11-22)25-34-26(20-6-12-23(13-7-20)32-17(2)29)36-27(35-25)21-8-14-24(15-9-21)33-18(3)30/h4-15H,1-3H3. The Bertz CT molecular complexity index is 1070. The van der Waals surface area contributed by atoms with Crippen molar-refractivity contribution in [1.29, 1.82) is 0 Å². The van der Waals surface area contributed by atoms with Gasteiger partial charge in [0.05, 0.1) is 0 Å². The Morgan fingerprint density at radius 1 is 0.472 bits per heavy atom. The van der Waals surface area contributed by atoms with Crippen LogP contribution in [0, 0.1) is 0 Å². The summed E-state index contributed by atoms with van der Waals surface area (Å²) in [6.45, 7) is 3.98. The molecule has 0 amide bonds. The first-order valence-electron chi connectivity index (χ1n) is 11.1. The summed E-state index contributed by atoms with van der Waals surface area (Å²) in [5.74, 6) is -0.0712. The number of carbonyl (C=O) groups is 3. The number of ether oxygens (including phenoxy) is 3. The highest BCUT2D eigenvalue weighted by Crippen LogP contribution is 2.16. The van der Waals surface area contributed by atoms with Gasteiger partial charge in [0.2, 0.25) is 0 Å². The first-order valence-corrected chi connectivity index (χ1v) is 11.1. The van der Waals surface area contributed by atoms with Crippen LogP contribution in [0.4, 0.5) is 0 Å². The Morgan fingerprint density at radius 2 is 0.694 bits per heavy atom. The lowest BCUT2D eigenvalue weighted by Crippen LogP contribution is -2.61. The molecule has 4 rings (SSSR count). The fourth-order valence-corrected chi connectivity index (χ4v) is 3.48. The van der Waals surface area contributed by atoms with E-state index >= 15 is 0 Å². The highest BCUT2D eigenvalue weighted by Gasteiger charge is 2.43. The summed E-state index contributed by atoms with van der Waals surface area (Å²) in [7, 11) is -2.45. The average Bonchev–Trinajstić information content (AvgIpc) is 2.84. The zero-order chi connectivity index (χ0) is 25.7. The molecule has 0 spiro atoms. The quantitative estimate of drug-likeness (QED) is 0.287. The first kappa shape index (κ1) is 25.2. The van der Waals surface area contributed by atoms with Gasteiger partial charge in [-0.3, -0.25) is 14.4 Å². The van der Waals surface area contributed by atoms with Crippen LogP contribution < -0.4 is 30.6 Å². The molecular formula is C24H21B3O9. The molecule has 0 aliphatic carbocycles. The number of rotatable bonds is 6. The van der Waals surface area contributed by atoms with Crippen LogP contribution in [0.25, 0.3) is 0 Å². The lowest BCUT2D eigenvalue weighted by molar-refractivity contribution is -0.132. The van der Waals surface area contributed by atoms with Crippen molar-refractivity contribution < 1.29 is 42.3 Å². The summed E-state index contributed by atoms with van der Waals surface area (Å²) in [5.41, 5.74) is 2.03. The molecule has 36 heavy (non-hydrogen) atoms. The van der Waals surface area contributed by atoms with Crippen molar-refractivity contribution in [2.24, 2.45) is 0 Å². The molecule has 1 heterocycles. The van der Waals surface area contributed by atoms with Crippen LogP contribution in [-0.2, 0) is 28.1 Å². The van der Waals surface area contributed by atoms with Crippen molar-refractivity contribution in [3.05, 3.63) is 72.8 Å². The van der Waals surface area contributed by atoms with E-state index in [1.165, 1.54) is 20.8 Å². The summed E-state index contributed by atoms with van der Waals surface area (Å²) < 4.78 is 33.6. The van der Waals surface area contributed by atoms with Gasteiger partial charge in [-0.15, -0.1) is 0 Å². The maximum Gasteiger partial charge on any atom is 0.467 e. The fraction of sp³-hybridized carbons (Fsp3) is 0.125. The normalized spacial score (nSPS) is 13.2. The molecular weight excluding hydrogens is 465 g/mol. The number of benzene rings is 3. The van der Waals surface area contributed by atoms with E-state index in [-0.39, 0.29) is 0 Å². The van der Waals surface area contributed by atoms with Crippen molar-refractivity contribution in [1.82, 2.24) is 0 Å². The SMILES string of the molecule is CC(=O)Oc1ccc(B2OB(c3ccc(OC(C)=O)cc3)OB(c3ccc(OC(C)=O)cc3)O2)cc1. The highest BCUT2D eigenvalue weighted by atomic mass is 16.7. The van der Waals surface area contributed by atoms with Gasteiger partial charge in [0, 0.05) is 20.8 Å². The lowest BCUT2D eigenvalue weighted by Gasteiger charge is -2.31. The third-order valence-electron chi connectivity index (χ3n) is 4.98. The minimum atomic E-state index is -0.818. The summed E-state index contributed by atoms with van der Waals surface area (Å²) >= 11 is 0. The molecule has 1 saturated heterocycles. The first-order chi connectivity index (χ1) is 17.3. The van der Waals surface area contributed by atoms with Gasteiger partial charge in [-0.1, -0.05) is 36.4 Å². The number of hydrogen-bond acceptors (Lipinski definition) is 9. The molecule has 0 saturated carbocycles. The molecule has 3 aromatic carbocycles. The molecule has 0 bridgehead atoms. The Morgan fingerprint density at radius 3 is 0.889 bits per heavy atom. The molecule has 0 aromatic heterocycles. The minimum Gasteiger partial charge on any atom is -0.445 e. The van der Waals surface area contributed by atoms with Crippen molar-refractivity contribution in [2.75, 3.05) is 0 Å². The summed E-state index contributed by atoms with van der Waals surface area (Å²) in [6, 6.07) is 20.3. The second-order valence-electron chi connectivity index (χ2n) is 7.89. The Kier molecular flexibility index (Phi) is 7.89. The molecule has 180 valence electrons. The summed E-state index contributed by atoms with van der Waals surface area (Å²) in [4.78, 5) is 33.7. The van der Waals surface area contributed by atoms with E-state index < -0.39 is 39.3 Å². The van der Waals surface area contributed by atoms with Gasteiger partial charge in [-0.25, -0.2) is 0 Å².